The second-order valence-corrected chi connectivity index (χ2v) is 5.04. The topological polar surface area (TPSA) is 37.4 Å². The fourth-order valence-corrected chi connectivity index (χ4v) is 2.19. The van der Waals surface area contributed by atoms with Gasteiger partial charge in [0.05, 0.1) is 5.69 Å². The molecular weight excluding hydrogens is 373 g/mol. The molecule has 1 aliphatic heterocycles. The maximum absolute atomic E-state index is 11.4. The second-order valence-electron chi connectivity index (χ2n) is 2.94. The third-order valence-electron chi connectivity index (χ3n) is 1.96. The number of rotatable bonds is 1. The number of hydrogen-bond acceptors (Lipinski definition) is 2. The second kappa shape index (κ2) is 4.05. The van der Waals surface area contributed by atoms with Crippen LogP contribution in [0.15, 0.2) is 34.8 Å². The molecule has 0 unspecified atom stereocenters. The Morgan fingerprint density at radius 1 is 1.13 bits per heavy atom. The Bertz CT molecular complexity index is 466. The van der Waals surface area contributed by atoms with E-state index in [1.54, 1.807) is 6.07 Å². The summed E-state index contributed by atoms with van der Waals surface area (Å²) in [5, 5.41) is 0. The molecule has 0 spiro atoms. The number of hydrogen-bond donors (Lipinski definition) is 0. The lowest BCUT2D eigenvalue weighted by molar-refractivity contribution is -0.119. The van der Waals surface area contributed by atoms with Crippen molar-refractivity contribution < 1.29 is 9.59 Å². The van der Waals surface area contributed by atoms with Gasteiger partial charge in [0.25, 0.3) is 11.8 Å². The Morgan fingerprint density at radius 2 is 1.73 bits per heavy atom. The quantitative estimate of drug-likeness (QED) is 0.557. The average Bonchev–Trinajstić information content (AvgIpc) is 2.51. The molecule has 0 saturated heterocycles. The van der Waals surface area contributed by atoms with Gasteiger partial charge in [0.2, 0.25) is 0 Å². The van der Waals surface area contributed by atoms with Crippen LogP contribution in [-0.4, -0.2) is 11.8 Å². The number of carbonyl (C=O) groups is 2. The summed E-state index contributed by atoms with van der Waals surface area (Å²) >= 11 is 5.45. The minimum absolute atomic E-state index is 0.303. The van der Waals surface area contributed by atoms with E-state index in [4.69, 9.17) is 0 Å². The lowest BCUT2D eigenvalue weighted by Crippen LogP contribution is -2.29. The summed E-state index contributed by atoms with van der Waals surface area (Å²) in [6.07, 6.45) is 2.54. The summed E-state index contributed by atoms with van der Waals surface area (Å²) in [4.78, 5) is 24.0. The molecule has 0 atom stereocenters. The Morgan fingerprint density at radius 3 is 2.33 bits per heavy atom. The molecule has 5 heteroatoms. The predicted molar refractivity (Wildman–Crippen MR) is 68.5 cm³/mol. The van der Waals surface area contributed by atoms with Gasteiger partial charge in [0.15, 0.2) is 0 Å². The SMILES string of the molecule is O=C1C=CC(=O)N1c1cc(I)ccc1Br. The molecule has 1 aliphatic rings. The van der Waals surface area contributed by atoms with Crippen LogP contribution < -0.4 is 4.90 Å². The summed E-state index contributed by atoms with van der Waals surface area (Å²) in [5.41, 5.74) is 0.585. The lowest BCUT2D eigenvalue weighted by atomic mass is 10.3. The third-order valence-corrected chi connectivity index (χ3v) is 3.30. The lowest BCUT2D eigenvalue weighted by Gasteiger charge is -2.15. The van der Waals surface area contributed by atoms with Crippen molar-refractivity contribution in [3.8, 4) is 0 Å². The first-order valence-electron chi connectivity index (χ1n) is 4.11. The van der Waals surface area contributed by atoms with Gasteiger partial charge >= 0.3 is 0 Å². The van der Waals surface area contributed by atoms with Crippen LogP contribution in [0.2, 0.25) is 0 Å². The Labute approximate surface area is 108 Å². The normalized spacial score (nSPS) is 15.2. The molecule has 15 heavy (non-hydrogen) atoms. The monoisotopic (exact) mass is 377 g/mol. The van der Waals surface area contributed by atoms with E-state index in [0.29, 0.717) is 5.69 Å². The molecular formula is C10H5BrINO2. The smallest absolute Gasteiger partial charge is 0.258 e. The molecule has 0 radical (unpaired) electrons. The first-order valence-corrected chi connectivity index (χ1v) is 5.98. The number of imide groups is 1. The summed E-state index contributed by atoms with van der Waals surface area (Å²) in [7, 11) is 0. The van der Waals surface area contributed by atoms with Gasteiger partial charge < -0.3 is 0 Å². The third kappa shape index (κ3) is 1.98. The molecule has 0 fully saturated rings. The first-order chi connectivity index (χ1) is 7.09. The summed E-state index contributed by atoms with van der Waals surface area (Å²) in [6.45, 7) is 0. The largest absolute Gasteiger partial charge is 0.269 e. The van der Waals surface area contributed by atoms with Crippen molar-refractivity contribution in [1.29, 1.82) is 0 Å². The Hall–Kier alpha value is -0.690. The number of anilines is 1. The zero-order chi connectivity index (χ0) is 11.0. The van der Waals surface area contributed by atoms with Crippen molar-refractivity contribution in [1.82, 2.24) is 0 Å². The highest BCUT2D eigenvalue weighted by molar-refractivity contribution is 14.1. The highest BCUT2D eigenvalue weighted by atomic mass is 127. The van der Waals surface area contributed by atoms with Gasteiger partial charge in [-0.15, -0.1) is 0 Å². The number of amides is 2. The van der Waals surface area contributed by atoms with E-state index in [1.165, 1.54) is 12.2 Å². The van der Waals surface area contributed by atoms with Crippen molar-refractivity contribution >= 4 is 56.0 Å². The molecule has 1 heterocycles. The van der Waals surface area contributed by atoms with Gasteiger partial charge in [-0.05, 0) is 56.7 Å². The van der Waals surface area contributed by atoms with Crippen molar-refractivity contribution in [3.63, 3.8) is 0 Å². The van der Waals surface area contributed by atoms with Crippen LogP contribution in [0.4, 0.5) is 5.69 Å². The highest BCUT2D eigenvalue weighted by Crippen LogP contribution is 2.30. The molecule has 0 aromatic heterocycles. The number of benzene rings is 1. The van der Waals surface area contributed by atoms with E-state index < -0.39 is 0 Å². The maximum Gasteiger partial charge on any atom is 0.258 e. The van der Waals surface area contributed by atoms with E-state index in [2.05, 4.69) is 38.5 Å². The van der Waals surface area contributed by atoms with E-state index in [0.717, 1.165) is 12.9 Å². The summed E-state index contributed by atoms with van der Waals surface area (Å²) in [5.74, 6) is -0.606. The van der Waals surface area contributed by atoms with Crippen molar-refractivity contribution in [2.75, 3.05) is 4.90 Å². The maximum atomic E-state index is 11.4. The molecule has 1 aromatic rings. The van der Waals surface area contributed by atoms with Gasteiger partial charge in [-0.1, -0.05) is 0 Å². The molecule has 2 rings (SSSR count). The minimum atomic E-state index is -0.303. The van der Waals surface area contributed by atoms with Gasteiger partial charge in [-0.3, -0.25) is 9.59 Å². The van der Waals surface area contributed by atoms with Gasteiger partial charge in [-0.2, -0.15) is 0 Å². The molecule has 0 aliphatic carbocycles. The highest BCUT2D eigenvalue weighted by Gasteiger charge is 2.26. The van der Waals surface area contributed by atoms with Crippen LogP contribution in [0.25, 0.3) is 0 Å². The fourth-order valence-electron chi connectivity index (χ4n) is 1.29. The van der Waals surface area contributed by atoms with Crippen LogP contribution in [0.1, 0.15) is 0 Å². The summed E-state index contributed by atoms with van der Waals surface area (Å²) in [6, 6.07) is 5.50. The molecule has 76 valence electrons. The van der Waals surface area contributed by atoms with Crippen LogP contribution in [0.3, 0.4) is 0 Å². The zero-order valence-electron chi connectivity index (χ0n) is 7.41. The van der Waals surface area contributed by atoms with E-state index in [9.17, 15) is 9.59 Å². The van der Waals surface area contributed by atoms with E-state index in [-0.39, 0.29) is 11.8 Å². The van der Waals surface area contributed by atoms with Crippen LogP contribution in [0.5, 0.6) is 0 Å². The molecule has 0 bridgehead atoms. The van der Waals surface area contributed by atoms with Crippen LogP contribution >= 0.6 is 38.5 Å². The van der Waals surface area contributed by atoms with Crippen molar-refractivity contribution in [3.05, 3.63) is 38.4 Å². The van der Waals surface area contributed by atoms with Gasteiger partial charge in [-0.25, -0.2) is 4.90 Å². The summed E-state index contributed by atoms with van der Waals surface area (Å²) < 4.78 is 1.70. The van der Waals surface area contributed by atoms with Crippen molar-refractivity contribution in [2.45, 2.75) is 0 Å². The molecule has 0 N–H and O–H groups in total. The predicted octanol–water partition coefficient (Wildman–Crippen LogP) is 2.48. The molecule has 2 amide bonds. The zero-order valence-corrected chi connectivity index (χ0v) is 11.1. The first kappa shape index (κ1) is 10.8. The molecule has 0 saturated carbocycles. The fraction of sp³-hybridized carbons (Fsp3) is 0. The van der Waals surface area contributed by atoms with Gasteiger partial charge in [0.1, 0.15) is 0 Å². The Kier molecular flexibility index (Phi) is 2.92. The average molecular weight is 378 g/mol. The Balaban J connectivity index is 2.50. The standard InChI is InChI=1S/C10H5BrINO2/c11-7-2-1-6(12)5-8(7)13-9(14)3-4-10(13)15/h1-5H. The van der Waals surface area contributed by atoms with Crippen LogP contribution in [0, 0.1) is 3.57 Å². The molecule has 1 aromatic carbocycles. The molecule has 3 nitrogen and oxygen atoms in total. The van der Waals surface area contributed by atoms with Crippen LogP contribution in [-0.2, 0) is 9.59 Å². The number of halogens is 2. The van der Waals surface area contributed by atoms with E-state index in [1.807, 2.05) is 12.1 Å². The minimum Gasteiger partial charge on any atom is -0.269 e. The van der Waals surface area contributed by atoms with E-state index >= 15 is 0 Å². The van der Waals surface area contributed by atoms with Gasteiger partial charge in [0, 0.05) is 20.2 Å². The number of carbonyl (C=O) groups excluding carboxylic acids is 2. The number of nitrogens with zero attached hydrogens (tertiary/aromatic N) is 1. The van der Waals surface area contributed by atoms with Crippen molar-refractivity contribution in [2.24, 2.45) is 0 Å².